The van der Waals surface area contributed by atoms with Gasteiger partial charge in [0.1, 0.15) is 0 Å². The third-order valence-corrected chi connectivity index (χ3v) is 3.24. The average molecular weight is 137 g/mol. The molecule has 0 heteroatoms. The third-order valence-electron chi connectivity index (χ3n) is 3.24. The van der Waals surface area contributed by atoms with E-state index >= 15 is 0 Å². The molecular formula is C10H17. The largest absolute Gasteiger partial charge is 0.0654 e. The van der Waals surface area contributed by atoms with E-state index in [2.05, 4.69) is 6.92 Å². The molecule has 1 radical (unpaired) electrons. The molecule has 2 fully saturated rings. The van der Waals surface area contributed by atoms with Gasteiger partial charge in [0.2, 0.25) is 0 Å². The second-order valence-corrected chi connectivity index (χ2v) is 3.99. The molecule has 2 unspecified atom stereocenters. The summed E-state index contributed by atoms with van der Waals surface area (Å²) in [6.45, 7) is 2.30. The lowest BCUT2D eigenvalue weighted by Gasteiger charge is -2.19. The number of hydrogen-bond donors (Lipinski definition) is 0. The van der Waals surface area contributed by atoms with Crippen molar-refractivity contribution in [1.29, 1.82) is 0 Å². The molecule has 2 rings (SSSR count). The van der Waals surface area contributed by atoms with E-state index in [1.165, 1.54) is 32.1 Å². The summed E-state index contributed by atoms with van der Waals surface area (Å²) in [6, 6.07) is 0. The van der Waals surface area contributed by atoms with Gasteiger partial charge in [0.05, 0.1) is 0 Å². The van der Waals surface area contributed by atoms with Crippen molar-refractivity contribution < 1.29 is 0 Å². The SMILES string of the molecule is CCC[C]1CC2CCC1C2. The van der Waals surface area contributed by atoms with Crippen molar-refractivity contribution in [2.75, 3.05) is 0 Å². The topological polar surface area (TPSA) is 0 Å². The lowest BCUT2D eigenvalue weighted by atomic mass is 9.86. The van der Waals surface area contributed by atoms with Gasteiger partial charge in [-0.25, -0.2) is 0 Å². The maximum absolute atomic E-state index is 2.30. The Morgan fingerprint density at radius 1 is 1.40 bits per heavy atom. The maximum Gasteiger partial charge on any atom is -0.0207 e. The summed E-state index contributed by atoms with van der Waals surface area (Å²) in [4.78, 5) is 0. The second-order valence-electron chi connectivity index (χ2n) is 3.99. The summed E-state index contributed by atoms with van der Waals surface area (Å²) in [5.74, 6) is 4.11. The van der Waals surface area contributed by atoms with Crippen molar-refractivity contribution in [3.63, 3.8) is 0 Å². The van der Waals surface area contributed by atoms with E-state index in [1.54, 1.807) is 6.42 Å². The highest BCUT2D eigenvalue weighted by Gasteiger charge is 2.38. The van der Waals surface area contributed by atoms with Crippen LogP contribution in [0.4, 0.5) is 0 Å². The van der Waals surface area contributed by atoms with Gasteiger partial charge in [-0.1, -0.05) is 19.8 Å². The average Bonchev–Trinajstić information content (AvgIpc) is 2.48. The van der Waals surface area contributed by atoms with Crippen LogP contribution >= 0.6 is 0 Å². The van der Waals surface area contributed by atoms with E-state index in [0.717, 1.165) is 11.8 Å². The number of rotatable bonds is 2. The minimum absolute atomic E-state index is 1.07. The van der Waals surface area contributed by atoms with Crippen LogP contribution in [0.3, 0.4) is 0 Å². The van der Waals surface area contributed by atoms with Gasteiger partial charge in [-0.3, -0.25) is 0 Å². The first-order chi connectivity index (χ1) is 4.90. The normalized spacial score (nSPS) is 39.3. The highest BCUT2D eigenvalue weighted by Crippen LogP contribution is 2.51. The Balaban J connectivity index is 1.90. The van der Waals surface area contributed by atoms with E-state index in [9.17, 15) is 0 Å². The van der Waals surface area contributed by atoms with Gasteiger partial charge < -0.3 is 0 Å². The fourth-order valence-corrected chi connectivity index (χ4v) is 2.80. The predicted octanol–water partition coefficient (Wildman–Crippen LogP) is 3.18. The smallest absolute Gasteiger partial charge is 0.0207 e. The van der Waals surface area contributed by atoms with Crippen LogP contribution in [-0.2, 0) is 0 Å². The molecule has 0 heterocycles. The summed E-state index contributed by atoms with van der Waals surface area (Å²) in [6.07, 6.45) is 8.92. The third kappa shape index (κ3) is 0.980. The van der Waals surface area contributed by atoms with Crippen LogP contribution in [0.1, 0.15) is 45.4 Å². The minimum Gasteiger partial charge on any atom is -0.0654 e. The summed E-state index contributed by atoms with van der Waals surface area (Å²) in [7, 11) is 0. The van der Waals surface area contributed by atoms with Gasteiger partial charge >= 0.3 is 0 Å². The van der Waals surface area contributed by atoms with Gasteiger partial charge in [-0.2, -0.15) is 0 Å². The molecule has 2 atom stereocenters. The Morgan fingerprint density at radius 2 is 2.30 bits per heavy atom. The molecule has 2 aliphatic rings. The van der Waals surface area contributed by atoms with Crippen LogP contribution in [-0.4, -0.2) is 0 Å². The highest BCUT2D eigenvalue weighted by molar-refractivity contribution is 5.08. The fraction of sp³-hybridized carbons (Fsp3) is 0.900. The highest BCUT2D eigenvalue weighted by atomic mass is 14.4. The molecule has 0 amide bonds. The van der Waals surface area contributed by atoms with E-state index in [1.807, 2.05) is 5.92 Å². The molecule has 0 aromatic heterocycles. The molecular weight excluding hydrogens is 120 g/mol. The van der Waals surface area contributed by atoms with Gasteiger partial charge in [-0.05, 0) is 43.4 Å². The van der Waals surface area contributed by atoms with Crippen molar-refractivity contribution in [3.05, 3.63) is 5.92 Å². The first kappa shape index (κ1) is 6.69. The van der Waals surface area contributed by atoms with Crippen LogP contribution < -0.4 is 0 Å². The molecule has 2 aliphatic carbocycles. The molecule has 57 valence electrons. The van der Waals surface area contributed by atoms with Crippen molar-refractivity contribution in [1.82, 2.24) is 0 Å². The molecule has 2 saturated carbocycles. The lowest BCUT2D eigenvalue weighted by molar-refractivity contribution is 0.482. The minimum atomic E-state index is 1.07. The Bertz CT molecular complexity index is 117. The summed E-state index contributed by atoms with van der Waals surface area (Å²) >= 11 is 0. The first-order valence-corrected chi connectivity index (χ1v) is 4.74. The molecule has 0 saturated heterocycles. The Labute approximate surface area is 64.0 Å². The Kier molecular flexibility index (Phi) is 1.71. The quantitative estimate of drug-likeness (QED) is 0.548. The first-order valence-electron chi connectivity index (χ1n) is 4.74. The monoisotopic (exact) mass is 137 g/mol. The predicted molar refractivity (Wildman–Crippen MR) is 43.6 cm³/mol. The van der Waals surface area contributed by atoms with Crippen molar-refractivity contribution >= 4 is 0 Å². The standard InChI is InChI=1S/C10H17/c1-2-3-9-6-8-4-5-10(9)7-8/h8,10H,2-7H2,1H3. The van der Waals surface area contributed by atoms with Crippen molar-refractivity contribution in [3.8, 4) is 0 Å². The fourth-order valence-electron chi connectivity index (χ4n) is 2.80. The van der Waals surface area contributed by atoms with Gasteiger partial charge in [0.25, 0.3) is 0 Å². The number of hydrogen-bond acceptors (Lipinski definition) is 0. The molecule has 0 aromatic rings. The molecule has 2 bridgehead atoms. The van der Waals surface area contributed by atoms with Crippen LogP contribution in [0.5, 0.6) is 0 Å². The summed E-state index contributed by atoms with van der Waals surface area (Å²) < 4.78 is 0. The Morgan fingerprint density at radius 3 is 2.80 bits per heavy atom. The van der Waals surface area contributed by atoms with Crippen LogP contribution in [0, 0.1) is 17.8 Å². The molecule has 0 spiro atoms. The van der Waals surface area contributed by atoms with Gasteiger partial charge in [0, 0.05) is 0 Å². The van der Waals surface area contributed by atoms with Crippen LogP contribution in [0.15, 0.2) is 0 Å². The molecule has 0 aromatic carbocycles. The molecule has 0 N–H and O–H groups in total. The zero-order chi connectivity index (χ0) is 6.97. The number of fused-ring (bicyclic) bond motifs is 2. The van der Waals surface area contributed by atoms with E-state index in [-0.39, 0.29) is 0 Å². The van der Waals surface area contributed by atoms with Crippen molar-refractivity contribution in [2.24, 2.45) is 11.8 Å². The van der Waals surface area contributed by atoms with E-state index in [4.69, 9.17) is 0 Å². The zero-order valence-corrected chi connectivity index (χ0v) is 6.90. The maximum atomic E-state index is 2.30. The zero-order valence-electron chi connectivity index (χ0n) is 6.90. The lowest BCUT2D eigenvalue weighted by Crippen LogP contribution is -2.06. The molecule has 10 heavy (non-hydrogen) atoms. The summed E-state index contributed by atoms with van der Waals surface area (Å²) in [5, 5.41) is 0. The summed E-state index contributed by atoms with van der Waals surface area (Å²) in [5.41, 5.74) is 0. The van der Waals surface area contributed by atoms with E-state index in [0.29, 0.717) is 0 Å². The molecule has 0 nitrogen and oxygen atoms in total. The van der Waals surface area contributed by atoms with Gasteiger partial charge in [0.15, 0.2) is 0 Å². The van der Waals surface area contributed by atoms with Crippen molar-refractivity contribution in [2.45, 2.75) is 45.4 Å². The molecule has 0 aliphatic heterocycles. The van der Waals surface area contributed by atoms with Crippen LogP contribution in [0.2, 0.25) is 0 Å². The van der Waals surface area contributed by atoms with Crippen LogP contribution in [0.25, 0.3) is 0 Å². The van der Waals surface area contributed by atoms with Gasteiger partial charge in [-0.15, -0.1) is 0 Å². The second kappa shape index (κ2) is 2.56. The Hall–Kier alpha value is 0. The van der Waals surface area contributed by atoms with E-state index < -0.39 is 0 Å².